The third kappa shape index (κ3) is 6.68. The van der Waals surface area contributed by atoms with Crippen molar-refractivity contribution in [2.24, 2.45) is 4.99 Å². The number of benzene rings is 1. The Labute approximate surface area is 208 Å². The van der Waals surface area contributed by atoms with E-state index in [0.717, 1.165) is 76.1 Å². The van der Waals surface area contributed by atoms with Crippen molar-refractivity contribution in [1.82, 2.24) is 20.3 Å². The Hall–Kier alpha value is -1.65. The lowest BCUT2D eigenvalue weighted by Crippen LogP contribution is -2.52. The SMILES string of the molecule is CN=C(NCCCOC1CCCc2ccccc21)N1CCN(Cc2cc(C)on2)CC1.I. The van der Waals surface area contributed by atoms with E-state index in [1.54, 1.807) is 0 Å². The van der Waals surface area contributed by atoms with E-state index in [2.05, 4.69) is 49.5 Å². The average Bonchev–Trinajstić information content (AvgIpc) is 3.21. The van der Waals surface area contributed by atoms with Crippen LogP contribution in [0.25, 0.3) is 0 Å². The Kier molecular flexibility index (Phi) is 9.80. The summed E-state index contributed by atoms with van der Waals surface area (Å²) >= 11 is 0. The number of piperazine rings is 1. The van der Waals surface area contributed by atoms with Gasteiger partial charge in [-0.3, -0.25) is 9.89 Å². The summed E-state index contributed by atoms with van der Waals surface area (Å²) in [5.41, 5.74) is 3.85. The van der Waals surface area contributed by atoms with Gasteiger partial charge in [-0.1, -0.05) is 29.4 Å². The third-order valence-electron chi connectivity index (χ3n) is 6.18. The summed E-state index contributed by atoms with van der Waals surface area (Å²) in [5.74, 6) is 1.86. The number of halogens is 1. The lowest BCUT2D eigenvalue weighted by atomic mass is 9.89. The van der Waals surface area contributed by atoms with Crippen LogP contribution in [-0.2, 0) is 17.7 Å². The number of rotatable bonds is 7. The van der Waals surface area contributed by atoms with Crippen LogP contribution < -0.4 is 5.32 Å². The quantitative estimate of drug-likeness (QED) is 0.244. The molecular weight excluding hydrogens is 517 g/mol. The third-order valence-corrected chi connectivity index (χ3v) is 6.18. The minimum atomic E-state index is 0. The highest BCUT2D eigenvalue weighted by atomic mass is 127. The number of nitrogens with zero attached hydrogens (tertiary/aromatic N) is 4. The van der Waals surface area contributed by atoms with Gasteiger partial charge < -0.3 is 19.5 Å². The average molecular weight is 553 g/mol. The van der Waals surface area contributed by atoms with Crippen molar-refractivity contribution >= 4 is 29.9 Å². The number of guanidine groups is 1. The lowest BCUT2D eigenvalue weighted by molar-refractivity contribution is 0.0397. The van der Waals surface area contributed by atoms with E-state index in [0.29, 0.717) is 0 Å². The van der Waals surface area contributed by atoms with Crippen LogP contribution in [-0.4, -0.2) is 67.3 Å². The molecule has 4 rings (SSSR count). The van der Waals surface area contributed by atoms with Gasteiger partial charge in [0, 0.05) is 59.0 Å². The van der Waals surface area contributed by atoms with Crippen molar-refractivity contribution in [3.8, 4) is 0 Å². The van der Waals surface area contributed by atoms with Crippen LogP contribution in [0.3, 0.4) is 0 Å². The van der Waals surface area contributed by atoms with Crippen molar-refractivity contribution in [3.63, 3.8) is 0 Å². The monoisotopic (exact) mass is 553 g/mol. The summed E-state index contributed by atoms with van der Waals surface area (Å²) in [4.78, 5) is 9.24. The minimum absolute atomic E-state index is 0. The molecule has 0 bridgehead atoms. The van der Waals surface area contributed by atoms with Crippen LogP contribution in [0.5, 0.6) is 0 Å². The van der Waals surface area contributed by atoms with E-state index in [1.165, 1.54) is 24.0 Å². The van der Waals surface area contributed by atoms with E-state index in [4.69, 9.17) is 9.26 Å². The van der Waals surface area contributed by atoms with Gasteiger partial charge in [0.2, 0.25) is 0 Å². The topological polar surface area (TPSA) is 66.1 Å². The molecule has 0 spiro atoms. The summed E-state index contributed by atoms with van der Waals surface area (Å²) in [5, 5.41) is 7.62. The first kappa shape index (κ1) is 25.0. The van der Waals surface area contributed by atoms with Gasteiger partial charge in [-0.05, 0) is 43.7 Å². The molecule has 1 aromatic carbocycles. The standard InChI is InChI=1S/C24H35N5O2.HI/c1-19-17-21(27-31-19)18-28-12-14-29(15-13-28)24(25-2)26-11-6-16-30-23-10-5-8-20-7-3-4-9-22(20)23;/h3-4,7,9,17,23H,5-6,8,10-16,18H2,1-2H3,(H,25,26);1H. The first-order valence-electron chi connectivity index (χ1n) is 11.5. The highest BCUT2D eigenvalue weighted by Crippen LogP contribution is 2.32. The molecule has 176 valence electrons. The fourth-order valence-corrected chi connectivity index (χ4v) is 4.55. The van der Waals surface area contributed by atoms with E-state index in [9.17, 15) is 0 Å². The van der Waals surface area contributed by atoms with E-state index in [-0.39, 0.29) is 30.1 Å². The second-order valence-electron chi connectivity index (χ2n) is 8.47. The van der Waals surface area contributed by atoms with Gasteiger partial charge in [0.1, 0.15) is 5.76 Å². The molecule has 1 atom stereocenters. The molecule has 7 nitrogen and oxygen atoms in total. The van der Waals surface area contributed by atoms with Gasteiger partial charge in [-0.25, -0.2) is 0 Å². The molecular formula is C24H36IN5O2. The second kappa shape index (κ2) is 12.6. The van der Waals surface area contributed by atoms with Gasteiger partial charge in [-0.15, -0.1) is 24.0 Å². The largest absolute Gasteiger partial charge is 0.373 e. The normalized spacial score (nSPS) is 19.4. The molecule has 2 aliphatic rings. The van der Waals surface area contributed by atoms with Crippen LogP contribution in [0.15, 0.2) is 39.8 Å². The van der Waals surface area contributed by atoms with Crippen LogP contribution in [0, 0.1) is 6.92 Å². The maximum absolute atomic E-state index is 6.23. The van der Waals surface area contributed by atoms with Crippen molar-refractivity contribution in [1.29, 1.82) is 0 Å². The first-order chi connectivity index (χ1) is 15.2. The molecule has 1 saturated heterocycles. The maximum atomic E-state index is 6.23. The van der Waals surface area contributed by atoms with Gasteiger partial charge >= 0.3 is 0 Å². The highest BCUT2D eigenvalue weighted by molar-refractivity contribution is 14.0. The Morgan fingerprint density at radius 3 is 2.81 bits per heavy atom. The fraction of sp³-hybridized carbons (Fsp3) is 0.583. The van der Waals surface area contributed by atoms with E-state index in [1.807, 2.05) is 20.0 Å². The fourth-order valence-electron chi connectivity index (χ4n) is 4.55. The van der Waals surface area contributed by atoms with Gasteiger partial charge in [0.25, 0.3) is 0 Å². The molecule has 0 saturated carbocycles. The number of fused-ring (bicyclic) bond motifs is 1. The number of hydrogen-bond donors (Lipinski definition) is 1. The Morgan fingerprint density at radius 2 is 2.06 bits per heavy atom. The number of nitrogens with one attached hydrogen (secondary N) is 1. The van der Waals surface area contributed by atoms with Gasteiger partial charge in [0.15, 0.2) is 5.96 Å². The first-order valence-corrected chi connectivity index (χ1v) is 11.5. The van der Waals surface area contributed by atoms with Crippen LogP contribution in [0.4, 0.5) is 0 Å². The highest BCUT2D eigenvalue weighted by Gasteiger charge is 2.21. The smallest absolute Gasteiger partial charge is 0.193 e. The Bertz CT molecular complexity index is 864. The second-order valence-corrected chi connectivity index (χ2v) is 8.47. The Balaban J connectivity index is 0.00000289. The molecule has 0 amide bonds. The zero-order valence-corrected chi connectivity index (χ0v) is 21.6. The molecule has 2 aromatic rings. The molecule has 1 aromatic heterocycles. The summed E-state index contributed by atoms with van der Waals surface area (Å²) in [6.07, 6.45) is 4.76. The summed E-state index contributed by atoms with van der Waals surface area (Å²) in [7, 11) is 1.86. The number of aliphatic imine (C=N–C) groups is 1. The minimum Gasteiger partial charge on any atom is -0.373 e. The molecule has 0 radical (unpaired) electrons. The maximum Gasteiger partial charge on any atom is 0.193 e. The summed E-state index contributed by atoms with van der Waals surface area (Å²) < 4.78 is 11.4. The van der Waals surface area contributed by atoms with Crippen LogP contribution >= 0.6 is 24.0 Å². The number of aryl methyl sites for hydroxylation is 2. The van der Waals surface area contributed by atoms with Crippen molar-refractivity contribution < 1.29 is 9.26 Å². The van der Waals surface area contributed by atoms with Crippen molar-refractivity contribution in [3.05, 3.63) is 52.9 Å². The van der Waals surface area contributed by atoms with Crippen LogP contribution in [0.1, 0.15) is 47.9 Å². The van der Waals surface area contributed by atoms with Crippen molar-refractivity contribution in [2.45, 2.75) is 45.3 Å². The van der Waals surface area contributed by atoms with Crippen molar-refractivity contribution in [2.75, 3.05) is 46.4 Å². The molecule has 2 heterocycles. The number of ether oxygens (including phenoxy) is 1. The predicted molar refractivity (Wildman–Crippen MR) is 138 cm³/mol. The predicted octanol–water partition coefficient (Wildman–Crippen LogP) is 3.78. The molecule has 1 fully saturated rings. The molecule has 8 heteroatoms. The molecule has 1 unspecified atom stereocenters. The Morgan fingerprint density at radius 1 is 1.25 bits per heavy atom. The molecule has 1 aliphatic carbocycles. The van der Waals surface area contributed by atoms with Crippen LogP contribution in [0.2, 0.25) is 0 Å². The number of hydrogen-bond acceptors (Lipinski definition) is 5. The zero-order chi connectivity index (χ0) is 21.5. The molecule has 32 heavy (non-hydrogen) atoms. The zero-order valence-electron chi connectivity index (χ0n) is 19.3. The van der Waals surface area contributed by atoms with Gasteiger partial charge in [0.05, 0.1) is 11.8 Å². The molecule has 1 N–H and O–H groups in total. The number of aromatic nitrogens is 1. The van der Waals surface area contributed by atoms with E-state index < -0.39 is 0 Å². The lowest BCUT2D eigenvalue weighted by Gasteiger charge is -2.36. The molecule has 1 aliphatic heterocycles. The summed E-state index contributed by atoms with van der Waals surface area (Å²) in [6.45, 7) is 8.35. The summed E-state index contributed by atoms with van der Waals surface area (Å²) in [6, 6.07) is 10.7. The van der Waals surface area contributed by atoms with E-state index >= 15 is 0 Å². The van der Waals surface area contributed by atoms with Gasteiger partial charge in [-0.2, -0.15) is 0 Å².